The van der Waals surface area contributed by atoms with Gasteiger partial charge in [-0.3, -0.25) is 4.79 Å². The van der Waals surface area contributed by atoms with Crippen molar-refractivity contribution in [2.24, 2.45) is 0 Å². The van der Waals surface area contributed by atoms with Crippen LogP contribution in [0.15, 0.2) is 18.2 Å². The van der Waals surface area contributed by atoms with E-state index in [0.717, 1.165) is 19.3 Å². The van der Waals surface area contributed by atoms with Crippen LogP contribution >= 0.6 is 0 Å². The summed E-state index contributed by atoms with van der Waals surface area (Å²) in [6.45, 7) is 2.08. The molecule has 0 unspecified atom stereocenters. The van der Waals surface area contributed by atoms with Gasteiger partial charge >= 0.3 is 0 Å². The van der Waals surface area contributed by atoms with Crippen molar-refractivity contribution < 1.29 is 9.90 Å². The van der Waals surface area contributed by atoms with Crippen molar-refractivity contribution in [3.63, 3.8) is 0 Å². The molecule has 0 spiro atoms. The fourth-order valence-corrected chi connectivity index (χ4v) is 1.52. The first-order valence-corrected chi connectivity index (χ1v) is 5.27. The lowest BCUT2D eigenvalue weighted by molar-refractivity contribution is 0.0977. The first-order valence-electron chi connectivity index (χ1n) is 5.27. The number of hydrogen-bond donors (Lipinski definition) is 2. The molecular formula is C12H17NO2. The van der Waals surface area contributed by atoms with E-state index in [9.17, 15) is 9.90 Å². The molecule has 82 valence electrons. The van der Waals surface area contributed by atoms with Crippen LogP contribution in [-0.4, -0.2) is 10.9 Å². The summed E-state index contributed by atoms with van der Waals surface area (Å²) in [5.74, 6) is -0.0875. The van der Waals surface area contributed by atoms with Crippen LogP contribution in [-0.2, 0) is 0 Å². The summed E-state index contributed by atoms with van der Waals surface area (Å²) in [5.41, 5.74) is 6.28. The maximum absolute atomic E-state index is 11.7. The number of nitrogens with two attached hydrogens (primary N) is 1. The maximum atomic E-state index is 11.7. The molecule has 0 aliphatic rings. The molecule has 3 heteroatoms. The number of carbonyl (C=O) groups is 1. The lowest BCUT2D eigenvalue weighted by Crippen LogP contribution is -2.04. The third-order valence-electron chi connectivity index (χ3n) is 2.36. The Bertz CT molecular complexity index is 327. The summed E-state index contributed by atoms with van der Waals surface area (Å²) in [7, 11) is 0. The molecule has 3 nitrogen and oxygen atoms in total. The summed E-state index contributed by atoms with van der Waals surface area (Å²) in [5, 5.41) is 9.52. The maximum Gasteiger partial charge on any atom is 0.168 e. The van der Waals surface area contributed by atoms with Crippen LogP contribution < -0.4 is 5.73 Å². The van der Waals surface area contributed by atoms with Gasteiger partial charge in [-0.15, -0.1) is 0 Å². The molecule has 0 aliphatic carbocycles. The predicted octanol–water partition coefficient (Wildman–Crippen LogP) is 2.74. The highest BCUT2D eigenvalue weighted by Gasteiger charge is 2.13. The fraction of sp³-hybridized carbons (Fsp3) is 0.417. The van der Waals surface area contributed by atoms with Crippen LogP contribution in [0.4, 0.5) is 5.69 Å². The Morgan fingerprint density at radius 1 is 1.40 bits per heavy atom. The van der Waals surface area contributed by atoms with Gasteiger partial charge in [-0.1, -0.05) is 25.8 Å². The Labute approximate surface area is 89.9 Å². The van der Waals surface area contributed by atoms with E-state index in [4.69, 9.17) is 5.73 Å². The Morgan fingerprint density at radius 2 is 2.13 bits per heavy atom. The molecule has 0 radical (unpaired) electrons. The summed E-state index contributed by atoms with van der Waals surface area (Å²) in [4.78, 5) is 11.7. The number of phenols is 1. The van der Waals surface area contributed by atoms with Gasteiger partial charge in [-0.25, -0.2) is 0 Å². The molecule has 1 aromatic carbocycles. The molecule has 0 saturated carbocycles. The fourth-order valence-electron chi connectivity index (χ4n) is 1.52. The lowest BCUT2D eigenvalue weighted by Gasteiger charge is -2.06. The van der Waals surface area contributed by atoms with E-state index in [1.807, 2.05) is 0 Å². The highest BCUT2D eigenvalue weighted by atomic mass is 16.3. The number of rotatable bonds is 5. The number of ketones is 1. The second-order valence-electron chi connectivity index (χ2n) is 3.62. The summed E-state index contributed by atoms with van der Waals surface area (Å²) < 4.78 is 0. The van der Waals surface area contributed by atoms with Crippen molar-refractivity contribution in [2.45, 2.75) is 32.6 Å². The predicted molar refractivity (Wildman–Crippen MR) is 61.0 cm³/mol. The lowest BCUT2D eigenvalue weighted by atomic mass is 10.0. The number of carbonyl (C=O) groups excluding carboxylic acids is 1. The zero-order chi connectivity index (χ0) is 11.3. The highest BCUT2D eigenvalue weighted by Crippen LogP contribution is 2.25. The first-order chi connectivity index (χ1) is 7.16. The molecule has 0 saturated heterocycles. The minimum Gasteiger partial charge on any atom is -0.507 e. The van der Waals surface area contributed by atoms with E-state index in [1.165, 1.54) is 6.07 Å². The number of unbranched alkanes of at least 4 members (excludes halogenated alkanes) is 2. The van der Waals surface area contributed by atoms with Crippen molar-refractivity contribution in [1.82, 2.24) is 0 Å². The summed E-state index contributed by atoms with van der Waals surface area (Å²) >= 11 is 0. The van der Waals surface area contributed by atoms with Crippen molar-refractivity contribution in [2.75, 3.05) is 5.73 Å². The molecule has 0 aromatic heterocycles. The van der Waals surface area contributed by atoms with Gasteiger partial charge in [0.25, 0.3) is 0 Å². The number of Topliss-reactive ketones (excluding diaryl/α,β-unsaturated/α-hetero) is 1. The van der Waals surface area contributed by atoms with Gasteiger partial charge in [0, 0.05) is 12.1 Å². The van der Waals surface area contributed by atoms with Crippen LogP contribution in [0.5, 0.6) is 5.75 Å². The molecule has 1 aromatic rings. The molecular weight excluding hydrogens is 190 g/mol. The topological polar surface area (TPSA) is 63.3 Å². The third kappa shape index (κ3) is 2.98. The smallest absolute Gasteiger partial charge is 0.168 e. The molecule has 0 atom stereocenters. The van der Waals surface area contributed by atoms with Crippen molar-refractivity contribution in [1.29, 1.82) is 0 Å². The van der Waals surface area contributed by atoms with Crippen molar-refractivity contribution in [3.8, 4) is 5.75 Å². The van der Waals surface area contributed by atoms with Crippen LogP contribution in [0.2, 0.25) is 0 Å². The molecule has 0 heterocycles. The van der Waals surface area contributed by atoms with E-state index >= 15 is 0 Å². The van der Waals surface area contributed by atoms with E-state index < -0.39 is 0 Å². The number of nitrogen functional groups attached to an aromatic ring is 1. The molecule has 0 amide bonds. The van der Waals surface area contributed by atoms with Crippen LogP contribution in [0.1, 0.15) is 43.0 Å². The molecule has 1 rings (SSSR count). The van der Waals surface area contributed by atoms with Gasteiger partial charge in [0.15, 0.2) is 5.78 Å². The Hall–Kier alpha value is -1.51. The van der Waals surface area contributed by atoms with E-state index in [-0.39, 0.29) is 17.1 Å². The zero-order valence-electron chi connectivity index (χ0n) is 8.99. The van der Waals surface area contributed by atoms with E-state index in [0.29, 0.717) is 12.1 Å². The van der Waals surface area contributed by atoms with E-state index in [2.05, 4.69) is 6.92 Å². The largest absolute Gasteiger partial charge is 0.507 e. The zero-order valence-corrected chi connectivity index (χ0v) is 8.99. The number of hydrogen-bond acceptors (Lipinski definition) is 3. The average Bonchev–Trinajstić information content (AvgIpc) is 2.18. The second kappa shape index (κ2) is 5.39. The van der Waals surface area contributed by atoms with Gasteiger partial charge in [0.1, 0.15) is 5.75 Å². The Balaban J connectivity index is 2.73. The average molecular weight is 207 g/mol. The first kappa shape index (κ1) is 11.6. The monoisotopic (exact) mass is 207 g/mol. The van der Waals surface area contributed by atoms with Gasteiger partial charge in [0.2, 0.25) is 0 Å². The highest BCUT2D eigenvalue weighted by molar-refractivity contribution is 6.03. The van der Waals surface area contributed by atoms with Crippen LogP contribution in [0, 0.1) is 0 Å². The second-order valence-corrected chi connectivity index (χ2v) is 3.62. The summed E-state index contributed by atoms with van der Waals surface area (Å²) in [6.07, 6.45) is 3.40. The molecule has 0 fully saturated rings. The van der Waals surface area contributed by atoms with Gasteiger partial charge in [0.05, 0.1) is 5.56 Å². The Kier molecular flexibility index (Phi) is 4.16. The van der Waals surface area contributed by atoms with Gasteiger partial charge in [-0.2, -0.15) is 0 Å². The number of anilines is 1. The SMILES string of the molecule is CCCCCC(=O)c1c(N)cccc1O. The van der Waals surface area contributed by atoms with Crippen molar-refractivity contribution in [3.05, 3.63) is 23.8 Å². The third-order valence-corrected chi connectivity index (χ3v) is 2.36. The minimum atomic E-state index is -0.0703. The van der Waals surface area contributed by atoms with Crippen LogP contribution in [0.25, 0.3) is 0 Å². The molecule has 0 aliphatic heterocycles. The molecule has 0 bridgehead atoms. The van der Waals surface area contributed by atoms with Gasteiger partial charge in [-0.05, 0) is 18.6 Å². The Morgan fingerprint density at radius 3 is 2.73 bits per heavy atom. The number of phenolic OH excluding ortho intramolecular Hbond substituents is 1. The molecule has 3 N–H and O–H groups in total. The minimum absolute atomic E-state index is 0.0171. The van der Waals surface area contributed by atoms with Crippen molar-refractivity contribution >= 4 is 11.5 Å². The molecule has 15 heavy (non-hydrogen) atoms. The van der Waals surface area contributed by atoms with E-state index in [1.54, 1.807) is 12.1 Å². The summed E-state index contributed by atoms with van der Waals surface area (Å²) in [6, 6.07) is 4.75. The normalized spacial score (nSPS) is 10.2. The quantitative estimate of drug-likeness (QED) is 0.443. The number of aromatic hydroxyl groups is 1. The van der Waals surface area contributed by atoms with Crippen LogP contribution in [0.3, 0.4) is 0 Å². The number of benzene rings is 1. The standard InChI is InChI=1S/C12H17NO2/c1-2-3-4-7-10(14)12-9(13)6-5-8-11(12)15/h5-6,8,15H,2-4,7,13H2,1H3. The van der Waals surface area contributed by atoms with Gasteiger partial charge < -0.3 is 10.8 Å².